The predicted octanol–water partition coefficient (Wildman–Crippen LogP) is 1.97. The van der Waals surface area contributed by atoms with Gasteiger partial charge in [0.1, 0.15) is 0 Å². The molecule has 1 rings (SSSR count). The Kier molecular flexibility index (Phi) is 3.65. The molecule has 0 spiro atoms. The van der Waals surface area contributed by atoms with Gasteiger partial charge in [-0.05, 0) is 20.3 Å². The van der Waals surface area contributed by atoms with E-state index >= 15 is 0 Å². The lowest BCUT2D eigenvalue weighted by atomic mass is 10.1. The zero-order chi connectivity index (χ0) is 11.6. The van der Waals surface area contributed by atoms with Gasteiger partial charge in [0.2, 0.25) is 0 Å². The molecule has 1 atom stereocenters. The molecular weight excluding hydrogens is 204 g/mol. The van der Waals surface area contributed by atoms with Gasteiger partial charge in [0, 0.05) is 24.9 Å². The molecule has 0 unspecified atom stereocenters. The summed E-state index contributed by atoms with van der Waals surface area (Å²) in [5, 5.41) is 8.52. The molecule has 5 heteroatoms. The van der Waals surface area contributed by atoms with Crippen molar-refractivity contribution in [2.75, 3.05) is 6.54 Å². The Labute approximate surface area is 88.1 Å². The summed E-state index contributed by atoms with van der Waals surface area (Å²) in [6.07, 6.45) is 0.0610. The molecule has 1 saturated heterocycles. The lowest BCUT2D eigenvalue weighted by molar-refractivity contribution is -0.137. The first-order valence-corrected chi connectivity index (χ1v) is 5.17. The van der Waals surface area contributed by atoms with Gasteiger partial charge in [-0.1, -0.05) is 0 Å². The Balaban J connectivity index is 2.57. The zero-order valence-electron chi connectivity index (χ0n) is 9.04. The largest absolute Gasteiger partial charge is 0.481 e. The standard InChI is InChI=1S/C10H17F2NO2/c1-7(2)13-6-10(11,12)5-8(13)3-4-9(14)15/h7-8H,3-6H2,1-2H3,(H,14,15)/t8-/m0/s1. The van der Waals surface area contributed by atoms with Crippen molar-refractivity contribution in [3.63, 3.8) is 0 Å². The average Bonchev–Trinajstić information content (AvgIpc) is 2.38. The molecule has 0 radical (unpaired) electrons. The number of hydrogen-bond acceptors (Lipinski definition) is 2. The van der Waals surface area contributed by atoms with Crippen LogP contribution in [-0.4, -0.2) is 40.5 Å². The molecule has 0 amide bonds. The highest BCUT2D eigenvalue weighted by Crippen LogP contribution is 2.35. The minimum atomic E-state index is -2.66. The van der Waals surface area contributed by atoms with Crippen LogP contribution in [-0.2, 0) is 4.79 Å². The van der Waals surface area contributed by atoms with Crippen LogP contribution in [0, 0.1) is 0 Å². The number of halogens is 2. The van der Waals surface area contributed by atoms with E-state index in [0.29, 0.717) is 6.42 Å². The van der Waals surface area contributed by atoms with Gasteiger partial charge in [0.15, 0.2) is 0 Å². The number of carboxylic acids is 1. The zero-order valence-corrected chi connectivity index (χ0v) is 9.04. The molecule has 88 valence electrons. The Morgan fingerprint density at radius 1 is 1.60 bits per heavy atom. The molecule has 3 nitrogen and oxygen atoms in total. The Morgan fingerprint density at radius 2 is 2.20 bits per heavy atom. The van der Waals surface area contributed by atoms with E-state index in [1.807, 2.05) is 13.8 Å². The van der Waals surface area contributed by atoms with E-state index in [1.54, 1.807) is 4.90 Å². The van der Waals surface area contributed by atoms with Gasteiger partial charge in [-0.25, -0.2) is 8.78 Å². The van der Waals surface area contributed by atoms with E-state index in [0.717, 1.165) is 0 Å². The summed E-state index contributed by atoms with van der Waals surface area (Å²) in [6.45, 7) is 3.47. The van der Waals surface area contributed by atoms with Gasteiger partial charge in [-0.3, -0.25) is 9.69 Å². The molecule has 0 aromatic carbocycles. The summed E-state index contributed by atoms with van der Waals surface area (Å²) < 4.78 is 26.3. The molecule has 0 aromatic rings. The third-order valence-corrected chi connectivity index (χ3v) is 2.77. The number of rotatable bonds is 4. The monoisotopic (exact) mass is 221 g/mol. The normalized spacial score (nSPS) is 26.1. The van der Waals surface area contributed by atoms with Gasteiger partial charge in [-0.2, -0.15) is 0 Å². The van der Waals surface area contributed by atoms with Gasteiger partial charge in [0.05, 0.1) is 6.54 Å². The van der Waals surface area contributed by atoms with Crippen molar-refractivity contribution < 1.29 is 18.7 Å². The molecule has 15 heavy (non-hydrogen) atoms. The number of aliphatic carboxylic acids is 1. The summed E-state index contributed by atoms with van der Waals surface area (Å²) in [4.78, 5) is 12.1. The molecule has 1 heterocycles. The van der Waals surface area contributed by atoms with Crippen molar-refractivity contribution in [3.05, 3.63) is 0 Å². The van der Waals surface area contributed by atoms with Gasteiger partial charge in [0.25, 0.3) is 5.92 Å². The van der Waals surface area contributed by atoms with Crippen LogP contribution in [0.3, 0.4) is 0 Å². The van der Waals surface area contributed by atoms with E-state index in [-0.39, 0.29) is 31.5 Å². The molecule has 1 aliphatic heterocycles. The Hall–Kier alpha value is -0.710. The van der Waals surface area contributed by atoms with Crippen LogP contribution in [0.1, 0.15) is 33.1 Å². The number of alkyl halides is 2. The minimum Gasteiger partial charge on any atom is -0.481 e. The maximum atomic E-state index is 13.1. The van der Waals surface area contributed by atoms with Crippen LogP contribution in [0.5, 0.6) is 0 Å². The van der Waals surface area contributed by atoms with E-state index < -0.39 is 11.9 Å². The fraction of sp³-hybridized carbons (Fsp3) is 0.900. The predicted molar refractivity (Wildman–Crippen MR) is 52.1 cm³/mol. The molecule has 1 N–H and O–H groups in total. The number of carbonyl (C=O) groups is 1. The van der Waals surface area contributed by atoms with Crippen LogP contribution in [0.2, 0.25) is 0 Å². The quantitative estimate of drug-likeness (QED) is 0.789. The highest BCUT2D eigenvalue weighted by atomic mass is 19.3. The minimum absolute atomic E-state index is 0.0377. The summed E-state index contributed by atoms with van der Waals surface area (Å²) in [5.41, 5.74) is 0. The van der Waals surface area contributed by atoms with E-state index in [9.17, 15) is 13.6 Å². The Morgan fingerprint density at radius 3 is 2.67 bits per heavy atom. The average molecular weight is 221 g/mol. The van der Waals surface area contributed by atoms with Crippen molar-refractivity contribution in [3.8, 4) is 0 Å². The first kappa shape index (κ1) is 12.4. The van der Waals surface area contributed by atoms with Crippen LogP contribution in [0.25, 0.3) is 0 Å². The number of nitrogens with zero attached hydrogens (tertiary/aromatic N) is 1. The highest BCUT2D eigenvalue weighted by molar-refractivity contribution is 5.66. The second-order valence-corrected chi connectivity index (χ2v) is 4.41. The summed E-state index contributed by atoms with van der Waals surface area (Å²) >= 11 is 0. The lowest BCUT2D eigenvalue weighted by Crippen LogP contribution is -2.36. The van der Waals surface area contributed by atoms with Gasteiger partial charge in [-0.15, -0.1) is 0 Å². The van der Waals surface area contributed by atoms with Crippen molar-refractivity contribution in [2.45, 2.75) is 51.1 Å². The van der Waals surface area contributed by atoms with Gasteiger partial charge < -0.3 is 5.11 Å². The first-order chi connectivity index (χ1) is 6.82. The summed E-state index contributed by atoms with van der Waals surface area (Å²) in [7, 11) is 0. The lowest BCUT2D eigenvalue weighted by Gasteiger charge is -2.26. The summed E-state index contributed by atoms with van der Waals surface area (Å²) in [5.74, 6) is -3.58. The van der Waals surface area contributed by atoms with Crippen LogP contribution in [0.15, 0.2) is 0 Å². The SMILES string of the molecule is CC(C)N1CC(F)(F)C[C@@H]1CCC(=O)O. The summed E-state index contributed by atoms with van der Waals surface area (Å²) in [6, 6.07) is -0.256. The van der Waals surface area contributed by atoms with Gasteiger partial charge >= 0.3 is 5.97 Å². The molecule has 0 aliphatic carbocycles. The highest BCUT2D eigenvalue weighted by Gasteiger charge is 2.45. The fourth-order valence-electron chi connectivity index (χ4n) is 2.08. The van der Waals surface area contributed by atoms with Crippen LogP contribution >= 0.6 is 0 Å². The number of hydrogen-bond donors (Lipinski definition) is 1. The van der Waals surface area contributed by atoms with Crippen LogP contribution in [0.4, 0.5) is 8.78 Å². The smallest absolute Gasteiger partial charge is 0.303 e. The van der Waals surface area contributed by atoms with Crippen molar-refractivity contribution >= 4 is 5.97 Å². The first-order valence-electron chi connectivity index (χ1n) is 5.17. The fourth-order valence-corrected chi connectivity index (χ4v) is 2.08. The molecule has 1 fully saturated rings. The molecule has 0 saturated carbocycles. The number of carboxylic acid groups (broad SMARTS) is 1. The van der Waals surface area contributed by atoms with Crippen molar-refractivity contribution in [2.24, 2.45) is 0 Å². The molecule has 0 aromatic heterocycles. The molecular formula is C10H17F2NO2. The van der Waals surface area contributed by atoms with Crippen molar-refractivity contribution in [1.82, 2.24) is 4.90 Å². The van der Waals surface area contributed by atoms with E-state index in [2.05, 4.69) is 0 Å². The maximum absolute atomic E-state index is 13.1. The van der Waals surface area contributed by atoms with E-state index in [1.165, 1.54) is 0 Å². The van der Waals surface area contributed by atoms with Crippen LogP contribution < -0.4 is 0 Å². The molecule has 0 bridgehead atoms. The second-order valence-electron chi connectivity index (χ2n) is 4.41. The topological polar surface area (TPSA) is 40.5 Å². The third-order valence-electron chi connectivity index (χ3n) is 2.77. The second kappa shape index (κ2) is 4.43. The number of likely N-dealkylation sites (tertiary alicyclic amines) is 1. The van der Waals surface area contributed by atoms with E-state index in [4.69, 9.17) is 5.11 Å². The maximum Gasteiger partial charge on any atom is 0.303 e. The third kappa shape index (κ3) is 3.41. The molecule has 1 aliphatic rings. The Bertz CT molecular complexity index is 244. The van der Waals surface area contributed by atoms with Crippen molar-refractivity contribution in [1.29, 1.82) is 0 Å².